The molecule has 1 heterocycles. The van der Waals surface area contributed by atoms with Crippen LogP contribution in [0.15, 0.2) is 64.0 Å². The molecule has 3 aromatic rings. The third kappa shape index (κ3) is 2.67. The fourth-order valence-corrected chi connectivity index (χ4v) is 2.68. The molecule has 4 nitrogen and oxygen atoms in total. The Labute approximate surface area is 134 Å². The van der Waals surface area contributed by atoms with Crippen molar-refractivity contribution in [3.63, 3.8) is 0 Å². The van der Waals surface area contributed by atoms with Crippen molar-refractivity contribution in [3.05, 3.63) is 80.7 Å². The summed E-state index contributed by atoms with van der Waals surface area (Å²) < 4.78 is 2.39. The first-order valence-corrected chi connectivity index (χ1v) is 7.45. The van der Waals surface area contributed by atoms with Crippen LogP contribution >= 0.6 is 15.9 Å². The van der Waals surface area contributed by atoms with Gasteiger partial charge >= 0.3 is 5.97 Å². The van der Waals surface area contributed by atoms with Gasteiger partial charge in [0.25, 0.3) is 5.56 Å². The number of nitrogens with zero attached hydrogens (tertiary/aromatic N) is 1. The molecule has 1 N–H and O–H groups in total. The molecule has 0 atom stereocenters. The molecule has 0 unspecified atom stereocenters. The van der Waals surface area contributed by atoms with Crippen molar-refractivity contribution in [1.82, 2.24) is 4.57 Å². The number of hydrogen-bond acceptors (Lipinski definition) is 2. The zero-order valence-electron chi connectivity index (χ0n) is 11.5. The standard InChI is InChI=1S/C17H12BrNO3/c18-12-7-5-11(6-8-12)9-19-10-15(17(21)22)13-3-1-2-4-14(13)16(19)20/h1-8,10H,9H2,(H,21,22). The van der Waals surface area contributed by atoms with Crippen molar-refractivity contribution >= 4 is 32.7 Å². The number of hydrogen-bond donors (Lipinski definition) is 1. The lowest BCUT2D eigenvalue weighted by Crippen LogP contribution is -2.22. The minimum Gasteiger partial charge on any atom is -0.478 e. The quantitative estimate of drug-likeness (QED) is 0.780. The largest absolute Gasteiger partial charge is 0.478 e. The molecule has 0 aliphatic rings. The third-order valence-corrected chi connectivity index (χ3v) is 4.02. The molecule has 0 radical (unpaired) electrons. The van der Waals surface area contributed by atoms with E-state index in [2.05, 4.69) is 15.9 Å². The van der Waals surface area contributed by atoms with E-state index in [-0.39, 0.29) is 11.1 Å². The Morgan fingerprint density at radius 1 is 1.05 bits per heavy atom. The minimum atomic E-state index is -1.04. The second-order valence-electron chi connectivity index (χ2n) is 4.95. The summed E-state index contributed by atoms with van der Waals surface area (Å²) in [5, 5.41) is 10.3. The Morgan fingerprint density at radius 3 is 2.32 bits per heavy atom. The lowest BCUT2D eigenvalue weighted by molar-refractivity contribution is 0.0698. The predicted molar refractivity (Wildman–Crippen MR) is 88.4 cm³/mol. The first-order valence-electron chi connectivity index (χ1n) is 6.66. The lowest BCUT2D eigenvalue weighted by atomic mass is 10.1. The fourth-order valence-electron chi connectivity index (χ4n) is 2.42. The molecular formula is C17H12BrNO3. The number of aromatic nitrogens is 1. The summed E-state index contributed by atoms with van der Waals surface area (Å²) in [6.07, 6.45) is 1.41. The topological polar surface area (TPSA) is 59.3 Å². The molecule has 22 heavy (non-hydrogen) atoms. The zero-order valence-corrected chi connectivity index (χ0v) is 13.1. The first-order chi connectivity index (χ1) is 10.6. The van der Waals surface area contributed by atoms with Crippen LogP contribution in [0.1, 0.15) is 15.9 Å². The van der Waals surface area contributed by atoms with Gasteiger partial charge in [-0.05, 0) is 23.8 Å². The number of fused-ring (bicyclic) bond motifs is 1. The van der Waals surface area contributed by atoms with Crippen LogP contribution in [0.5, 0.6) is 0 Å². The number of carboxylic acids is 1. The predicted octanol–water partition coefficient (Wildman–Crippen LogP) is 3.51. The zero-order chi connectivity index (χ0) is 15.7. The van der Waals surface area contributed by atoms with E-state index in [0.717, 1.165) is 10.0 Å². The Kier molecular flexibility index (Phi) is 3.81. The maximum atomic E-state index is 12.5. The molecule has 0 amide bonds. The number of carboxylic acid groups (broad SMARTS) is 1. The van der Waals surface area contributed by atoms with Crippen LogP contribution in [0.2, 0.25) is 0 Å². The molecule has 110 valence electrons. The molecule has 1 aromatic heterocycles. The Balaban J connectivity index is 2.17. The second kappa shape index (κ2) is 5.77. The van der Waals surface area contributed by atoms with Crippen molar-refractivity contribution in [1.29, 1.82) is 0 Å². The van der Waals surface area contributed by atoms with Crippen LogP contribution in [0, 0.1) is 0 Å². The average Bonchev–Trinajstić information content (AvgIpc) is 2.52. The molecule has 3 rings (SSSR count). The molecule has 0 fully saturated rings. The molecular weight excluding hydrogens is 346 g/mol. The molecule has 0 saturated carbocycles. The Hall–Kier alpha value is -2.40. The summed E-state index contributed by atoms with van der Waals surface area (Å²) in [5.74, 6) is -1.04. The van der Waals surface area contributed by atoms with E-state index in [0.29, 0.717) is 17.3 Å². The first kappa shape index (κ1) is 14.5. The van der Waals surface area contributed by atoms with E-state index < -0.39 is 5.97 Å². The van der Waals surface area contributed by atoms with Gasteiger partial charge in [-0.15, -0.1) is 0 Å². The van der Waals surface area contributed by atoms with Crippen molar-refractivity contribution < 1.29 is 9.90 Å². The maximum Gasteiger partial charge on any atom is 0.337 e. The van der Waals surface area contributed by atoms with Gasteiger partial charge in [0, 0.05) is 21.4 Å². The number of aromatic carboxylic acids is 1. The van der Waals surface area contributed by atoms with Crippen molar-refractivity contribution in [2.24, 2.45) is 0 Å². The van der Waals surface area contributed by atoms with E-state index in [1.165, 1.54) is 10.8 Å². The lowest BCUT2D eigenvalue weighted by Gasteiger charge is -2.10. The van der Waals surface area contributed by atoms with Crippen LogP contribution in [-0.2, 0) is 6.54 Å². The van der Waals surface area contributed by atoms with Crippen molar-refractivity contribution in [2.75, 3.05) is 0 Å². The number of halogens is 1. The molecule has 0 aliphatic heterocycles. The number of benzene rings is 2. The highest BCUT2D eigenvalue weighted by Crippen LogP contribution is 2.17. The maximum absolute atomic E-state index is 12.5. The van der Waals surface area contributed by atoms with Crippen molar-refractivity contribution in [2.45, 2.75) is 6.54 Å². The van der Waals surface area contributed by atoms with Gasteiger partial charge in [0.05, 0.1) is 12.1 Å². The second-order valence-corrected chi connectivity index (χ2v) is 5.87. The number of pyridine rings is 1. The summed E-state index contributed by atoms with van der Waals surface area (Å²) in [5.41, 5.74) is 0.868. The van der Waals surface area contributed by atoms with Crippen molar-refractivity contribution in [3.8, 4) is 0 Å². The van der Waals surface area contributed by atoms with E-state index in [1.807, 2.05) is 24.3 Å². The average molecular weight is 358 g/mol. The highest BCUT2D eigenvalue weighted by Gasteiger charge is 2.13. The van der Waals surface area contributed by atoms with Gasteiger partial charge in [-0.2, -0.15) is 0 Å². The Bertz CT molecular complexity index is 913. The van der Waals surface area contributed by atoms with Crippen LogP contribution in [-0.4, -0.2) is 15.6 Å². The van der Waals surface area contributed by atoms with Crippen LogP contribution in [0.25, 0.3) is 10.8 Å². The molecule has 5 heteroatoms. The summed E-state index contributed by atoms with van der Waals surface area (Å²) in [7, 11) is 0. The molecule has 0 saturated heterocycles. The smallest absolute Gasteiger partial charge is 0.337 e. The van der Waals surface area contributed by atoms with Gasteiger partial charge in [0.2, 0.25) is 0 Å². The molecule has 0 bridgehead atoms. The van der Waals surface area contributed by atoms with Gasteiger partial charge in [-0.1, -0.05) is 46.3 Å². The van der Waals surface area contributed by atoms with E-state index in [9.17, 15) is 14.7 Å². The van der Waals surface area contributed by atoms with E-state index >= 15 is 0 Å². The highest BCUT2D eigenvalue weighted by atomic mass is 79.9. The summed E-state index contributed by atoms with van der Waals surface area (Å²) in [6, 6.07) is 14.3. The van der Waals surface area contributed by atoms with Gasteiger partial charge in [-0.25, -0.2) is 4.79 Å². The normalized spacial score (nSPS) is 10.8. The summed E-state index contributed by atoms with van der Waals surface area (Å²) in [4.78, 5) is 24.0. The van der Waals surface area contributed by atoms with Crippen LogP contribution < -0.4 is 5.56 Å². The van der Waals surface area contributed by atoms with Gasteiger partial charge in [-0.3, -0.25) is 4.79 Å². The summed E-state index contributed by atoms with van der Waals surface area (Å²) >= 11 is 3.36. The SMILES string of the molecule is O=C(O)c1cn(Cc2ccc(Br)cc2)c(=O)c2ccccc12. The monoisotopic (exact) mass is 357 g/mol. The number of carbonyl (C=O) groups is 1. The Morgan fingerprint density at radius 2 is 1.68 bits per heavy atom. The molecule has 0 aliphatic carbocycles. The minimum absolute atomic E-state index is 0.132. The van der Waals surface area contributed by atoms with Gasteiger partial charge in [0.15, 0.2) is 0 Å². The van der Waals surface area contributed by atoms with E-state index in [1.54, 1.807) is 24.3 Å². The molecule has 2 aromatic carbocycles. The van der Waals surface area contributed by atoms with Crippen LogP contribution in [0.3, 0.4) is 0 Å². The fraction of sp³-hybridized carbons (Fsp3) is 0.0588. The molecule has 0 spiro atoms. The third-order valence-electron chi connectivity index (χ3n) is 3.49. The van der Waals surface area contributed by atoms with E-state index in [4.69, 9.17) is 0 Å². The summed E-state index contributed by atoms with van der Waals surface area (Å²) in [6.45, 7) is 0.331. The van der Waals surface area contributed by atoms with Gasteiger partial charge < -0.3 is 9.67 Å². The number of rotatable bonds is 3. The van der Waals surface area contributed by atoms with Crippen LogP contribution in [0.4, 0.5) is 0 Å². The van der Waals surface area contributed by atoms with Gasteiger partial charge in [0.1, 0.15) is 0 Å². The highest BCUT2D eigenvalue weighted by molar-refractivity contribution is 9.10.